The van der Waals surface area contributed by atoms with Crippen molar-refractivity contribution < 1.29 is 19.4 Å². The third-order valence-electron chi connectivity index (χ3n) is 2.91. The smallest absolute Gasteiger partial charge is 0.339 e. The maximum Gasteiger partial charge on any atom is 0.339 e. The maximum absolute atomic E-state index is 11.0. The van der Waals surface area contributed by atoms with Crippen LogP contribution >= 0.6 is 0 Å². The molecule has 0 saturated carbocycles. The summed E-state index contributed by atoms with van der Waals surface area (Å²) in [7, 11) is 0. The third kappa shape index (κ3) is 2.85. The molecule has 0 aliphatic carbocycles. The molecule has 0 fully saturated rings. The van der Waals surface area contributed by atoms with Crippen molar-refractivity contribution in [2.24, 2.45) is 5.10 Å². The molecule has 10 heteroatoms. The van der Waals surface area contributed by atoms with E-state index in [1.165, 1.54) is 18.3 Å². The zero-order valence-electron chi connectivity index (χ0n) is 11.5. The summed E-state index contributed by atoms with van der Waals surface area (Å²) in [5.41, 5.74) is 5.75. The lowest BCUT2D eigenvalue weighted by Crippen LogP contribution is -1.99. The van der Waals surface area contributed by atoms with Crippen LogP contribution in [0.4, 0.5) is 5.95 Å². The van der Waals surface area contributed by atoms with Crippen molar-refractivity contribution in [3.63, 3.8) is 0 Å². The van der Waals surface area contributed by atoms with Gasteiger partial charge in [-0.05, 0) is 40.8 Å². The Bertz CT molecular complexity index is 898. The van der Waals surface area contributed by atoms with Crippen LogP contribution in [-0.4, -0.2) is 42.7 Å². The molecule has 10 nitrogen and oxygen atoms in total. The Labute approximate surface area is 128 Å². The number of carboxylic acid groups (broad SMARTS) is 1. The van der Waals surface area contributed by atoms with Crippen LogP contribution in [0.1, 0.15) is 16.1 Å². The van der Waals surface area contributed by atoms with E-state index in [-0.39, 0.29) is 17.3 Å². The quantitative estimate of drug-likeness (QED) is 0.598. The molecule has 3 aromatic rings. The minimum absolute atomic E-state index is 0.0256. The normalized spacial score (nSPS) is 11.1. The Morgan fingerprint density at radius 1 is 1.35 bits per heavy atom. The first kappa shape index (κ1) is 14.3. The number of carbonyl (C=O) groups is 1. The van der Waals surface area contributed by atoms with Crippen LogP contribution in [0, 0.1) is 0 Å². The molecule has 0 spiro atoms. The third-order valence-corrected chi connectivity index (χ3v) is 2.91. The van der Waals surface area contributed by atoms with E-state index in [0.717, 1.165) is 4.79 Å². The van der Waals surface area contributed by atoms with Crippen molar-refractivity contribution >= 4 is 18.1 Å². The van der Waals surface area contributed by atoms with Crippen molar-refractivity contribution in [3.05, 3.63) is 41.7 Å². The molecule has 0 unspecified atom stereocenters. The van der Waals surface area contributed by atoms with Gasteiger partial charge in [-0.3, -0.25) is 0 Å². The number of nitrogen functional groups attached to an aromatic ring is 1. The highest BCUT2D eigenvalue weighted by Crippen LogP contribution is 2.27. The molecule has 4 N–H and O–H groups in total. The SMILES string of the molecule is Nc1nnnn1/N=C/c1ccc(-c2ccc(O)c(C(=O)O)c2)o1. The lowest BCUT2D eigenvalue weighted by Gasteiger charge is -2.02. The van der Waals surface area contributed by atoms with Gasteiger partial charge >= 0.3 is 5.97 Å². The van der Waals surface area contributed by atoms with Crippen LogP contribution in [0.3, 0.4) is 0 Å². The van der Waals surface area contributed by atoms with E-state index < -0.39 is 5.97 Å². The molecule has 2 heterocycles. The fourth-order valence-corrected chi connectivity index (χ4v) is 1.82. The molecule has 116 valence electrons. The minimum Gasteiger partial charge on any atom is -0.507 e. The summed E-state index contributed by atoms with van der Waals surface area (Å²) in [6.45, 7) is 0. The second kappa shape index (κ2) is 5.60. The first-order chi connectivity index (χ1) is 11.0. The van der Waals surface area contributed by atoms with E-state index >= 15 is 0 Å². The number of anilines is 1. The Morgan fingerprint density at radius 3 is 2.87 bits per heavy atom. The zero-order valence-corrected chi connectivity index (χ0v) is 11.5. The number of rotatable bonds is 4. The lowest BCUT2D eigenvalue weighted by atomic mass is 10.1. The van der Waals surface area contributed by atoms with Gasteiger partial charge in [0.05, 0.1) is 6.21 Å². The standard InChI is InChI=1S/C13H10N6O4/c14-13-16-17-18-19(13)15-6-8-2-4-11(23-8)7-1-3-10(20)9(5-7)12(21)22/h1-6,20H,(H,21,22)(H2,14,16,18)/b15-6+. The van der Waals surface area contributed by atoms with Gasteiger partial charge in [-0.2, -0.15) is 5.10 Å². The molecule has 1 aromatic carbocycles. The van der Waals surface area contributed by atoms with Gasteiger partial charge in [0.1, 0.15) is 22.8 Å². The van der Waals surface area contributed by atoms with Crippen LogP contribution in [-0.2, 0) is 0 Å². The average molecular weight is 314 g/mol. The van der Waals surface area contributed by atoms with Gasteiger partial charge in [-0.1, -0.05) is 9.89 Å². The van der Waals surface area contributed by atoms with E-state index in [0.29, 0.717) is 17.1 Å². The number of nitrogens with two attached hydrogens (primary N) is 1. The van der Waals surface area contributed by atoms with Crippen LogP contribution < -0.4 is 5.73 Å². The van der Waals surface area contributed by atoms with Crippen LogP contribution in [0.5, 0.6) is 5.75 Å². The fourth-order valence-electron chi connectivity index (χ4n) is 1.82. The van der Waals surface area contributed by atoms with Gasteiger partial charge in [-0.15, -0.1) is 0 Å². The van der Waals surface area contributed by atoms with Gasteiger partial charge < -0.3 is 20.4 Å². The molecule has 0 bridgehead atoms. The number of furan rings is 1. The molecule has 2 aromatic heterocycles. The highest BCUT2D eigenvalue weighted by molar-refractivity contribution is 5.92. The Balaban J connectivity index is 1.87. The maximum atomic E-state index is 11.0. The first-order valence-corrected chi connectivity index (χ1v) is 6.29. The van der Waals surface area contributed by atoms with Gasteiger partial charge in [0.15, 0.2) is 0 Å². The van der Waals surface area contributed by atoms with Crippen molar-refractivity contribution in [2.75, 3.05) is 5.73 Å². The molecular weight excluding hydrogens is 304 g/mol. The molecular formula is C13H10N6O4. The highest BCUT2D eigenvalue weighted by atomic mass is 16.4. The van der Waals surface area contributed by atoms with Gasteiger partial charge in [-0.25, -0.2) is 4.79 Å². The minimum atomic E-state index is -1.23. The van der Waals surface area contributed by atoms with Crippen LogP contribution in [0.15, 0.2) is 39.9 Å². The lowest BCUT2D eigenvalue weighted by molar-refractivity contribution is 0.0694. The summed E-state index contributed by atoms with van der Waals surface area (Å²) in [5, 5.41) is 32.8. The first-order valence-electron chi connectivity index (χ1n) is 6.29. The Hall–Kier alpha value is -3.69. The van der Waals surface area contributed by atoms with Gasteiger partial charge in [0.25, 0.3) is 5.95 Å². The van der Waals surface area contributed by atoms with E-state index in [2.05, 4.69) is 20.6 Å². The fraction of sp³-hybridized carbons (Fsp3) is 0. The molecule has 23 heavy (non-hydrogen) atoms. The Morgan fingerprint density at radius 2 is 2.17 bits per heavy atom. The van der Waals surface area contributed by atoms with Crippen molar-refractivity contribution in [1.29, 1.82) is 0 Å². The highest BCUT2D eigenvalue weighted by Gasteiger charge is 2.12. The van der Waals surface area contributed by atoms with Gasteiger partial charge in [0, 0.05) is 5.56 Å². The number of tetrazole rings is 1. The number of nitrogens with zero attached hydrogens (tertiary/aromatic N) is 5. The van der Waals surface area contributed by atoms with Crippen LogP contribution in [0.25, 0.3) is 11.3 Å². The number of aromatic hydroxyl groups is 1. The van der Waals surface area contributed by atoms with E-state index in [1.807, 2.05) is 0 Å². The molecule has 0 aliphatic rings. The number of phenols is 1. The molecule has 0 radical (unpaired) electrons. The summed E-state index contributed by atoms with van der Waals surface area (Å²) in [5.74, 6) is -0.716. The van der Waals surface area contributed by atoms with E-state index in [1.54, 1.807) is 18.2 Å². The number of hydrogen-bond donors (Lipinski definition) is 3. The average Bonchev–Trinajstić information content (AvgIpc) is 3.14. The Kier molecular flexibility index (Phi) is 3.47. The molecule has 0 atom stereocenters. The largest absolute Gasteiger partial charge is 0.507 e. The van der Waals surface area contributed by atoms with Crippen molar-refractivity contribution in [1.82, 2.24) is 20.3 Å². The molecule has 3 rings (SSSR count). The summed E-state index contributed by atoms with van der Waals surface area (Å²) in [4.78, 5) is 12.1. The van der Waals surface area contributed by atoms with Crippen molar-refractivity contribution in [3.8, 4) is 17.1 Å². The topological polar surface area (TPSA) is 153 Å². The molecule has 0 saturated heterocycles. The van der Waals surface area contributed by atoms with Crippen LogP contribution in [0.2, 0.25) is 0 Å². The number of aromatic nitrogens is 4. The van der Waals surface area contributed by atoms with Gasteiger partial charge in [0.2, 0.25) is 0 Å². The summed E-state index contributed by atoms with van der Waals surface area (Å²) in [6, 6.07) is 7.42. The second-order valence-electron chi connectivity index (χ2n) is 4.41. The number of carboxylic acids is 1. The molecule has 0 amide bonds. The zero-order chi connectivity index (χ0) is 16.4. The van der Waals surface area contributed by atoms with Crippen molar-refractivity contribution in [2.45, 2.75) is 0 Å². The van der Waals surface area contributed by atoms with E-state index in [9.17, 15) is 9.90 Å². The number of benzene rings is 1. The second-order valence-corrected chi connectivity index (χ2v) is 4.41. The monoisotopic (exact) mass is 314 g/mol. The molecule has 0 aliphatic heterocycles. The summed E-state index contributed by atoms with van der Waals surface area (Å²) < 4.78 is 5.54. The summed E-state index contributed by atoms with van der Waals surface area (Å²) in [6.07, 6.45) is 1.36. The summed E-state index contributed by atoms with van der Waals surface area (Å²) >= 11 is 0. The number of hydrogen-bond acceptors (Lipinski definition) is 8. The van der Waals surface area contributed by atoms with E-state index in [4.69, 9.17) is 15.3 Å². The predicted octanol–water partition coefficient (Wildman–Crippen LogP) is 0.801. The predicted molar refractivity (Wildman–Crippen MR) is 78.0 cm³/mol. The number of aromatic carboxylic acids is 1.